The molecule has 21 heavy (non-hydrogen) atoms. The molecule has 1 aliphatic carbocycles. The Kier molecular flexibility index (Phi) is 4.76. The maximum absolute atomic E-state index is 6.40. The van der Waals surface area contributed by atoms with Crippen molar-refractivity contribution in [3.63, 3.8) is 0 Å². The predicted molar refractivity (Wildman–Crippen MR) is 90.3 cm³/mol. The van der Waals surface area contributed by atoms with Crippen molar-refractivity contribution in [1.82, 2.24) is 0 Å². The zero-order valence-electron chi connectivity index (χ0n) is 12.5. The number of hydrogen-bond donors (Lipinski definition) is 0. The fraction of sp³-hybridized carbons (Fsp3) is 0.368. The highest BCUT2D eigenvalue weighted by Crippen LogP contribution is 2.29. The molecule has 1 aromatic carbocycles. The third kappa shape index (κ3) is 3.56. The van der Waals surface area contributed by atoms with Gasteiger partial charge in [-0.15, -0.1) is 11.3 Å². The van der Waals surface area contributed by atoms with Crippen molar-refractivity contribution in [2.45, 2.75) is 45.1 Å². The van der Waals surface area contributed by atoms with E-state index in [9.17, 15) is 0 Å². The Morgan fingerprint density at radius 3 is 2.86 bits per heavy atom. The van der Waals surface area contributed by atoms with E-state index in [1.54, 1.807) is 0 Å². The van der Waals surface area contributed by atoms with E-state index in [4.69, 9.17) is 4.74 Å². The summed E-state index contributed by atoms with van der Waals surface area (Å²) in [5, 5.41) is 2.15. The Labute approximate surface area is 131 Å². The van der Waals surface area contributed by atoms with Crippen LogP contribution in [0, 0.1) is 0 Å². The third-order valence-corrected chi connectivity index (χ3v) is 4.87. The Bertz CT molecular complexity index is 598. The molecule has 0 fully saturated rings. The monoisotopic (exact) mass is 298 g/mol. The van der Waals surface area contributed by atoms with Crippen LogP contribution in [0.5, 0.6) is 5.75 Å². The van der Waals surface area contributed by atoms with Gasteiger partial charge in [0.15, 0.2) is 0 Å². The lowest BCUT2D eigenvalue weighted by atomic mass is 9.96. The minimum atomic E-state index is 0.283. The lowest BCUT2D eigenvalue weighted by Gasteiger charge is -2.22. The number of rotatable bonds is 6. The molecule has 0 bridgehead atoms. The molecule has 2 aromatic rings. The number of allylic oxidation sites excluding steroid dienone is 2. The largest absolute Gasteiger partial charge is 0.490 e. The average Bonchev–Trinajstić information content (AvgIpc) is 3.01. The van der Waals surface area contributed by atoms with E-state index in [0.29, 0.717) is 0 Å². The first-order valence-corrected chi connectivity index (χ1v) is 8.69. The van der Waals surface area contributed by atoms with E-state index in [0.717, 1.165) is 37.9 Å². The van der Waals surface area contributed by atoms with Crippen LogP contribution in [-0.4, -0.2) is 6.10 Å². The molecular formula is C19H22OS. The zero-order chi connectivity index (χ0) is 14.5. The number of ether oxygens (including phenoxy) is 1. The van der Waals surface area contributed by atoms with Crippen LogP contribution in [0.25, 0.3) is 0 Å². The molecular weight excluding hydrogens is 276 g/mol. The van der Waals surface area contributed by atoms with Crippen LogP contribution in [-0.2, 0) is 19.3 Å². The maximum atomic E-state index is 6.40. The van der Waals surface area contributed by atoms with Gasteiger partial charge in [0, 0.05) is 16.9 Å². The SMILES string of the molecule is CCCC(Cc1cccs1)Oc1cccc2c1CC=CC2. The van der Waals surface area contributed by atoms with Crippen molar-refractivity contribution >= 4 is 11.3 Å². The van der Waals surface area contributed by atoms with Crippen molar-refractivity contribution in [3.05, 3.63) is 63.9 Å². The molecule has 0 N–H and O–H groups in total. The third-order valence-electron chi connectivity index (χ3n) is 3.97. The normalized spacial score (nSPS) is 14.7. The van der Waals surface area contributed by atoms with Gasteiger partial charge in [-0.05, 0) is 42.3 Å². The van der Waals surface area contributed by atoms with Crippen LogP contribution >= 0.6 is 11.3 Å². The molecule has 1 atom stereocenters. The molecule has 0 radical (unpaired) electrons. The summed E-state index contributed by atoms with van der Waals surface area (Å²) in [6.45, 7) is 2.23. The average molecular weight is 298 g/mol. The molecule has 110 valence electrons. The molecule has 0 spiro atoms. The molecule has 0 saturated heterocycles. The Hall–Kier alpha value is -1.54. The number of fused-ring (bicyclic) bond motifs is 1. The van der Waals surface area contributed by atoms with E-state index in [2.05, 4.69) is 54.8 Å². The van der Waals surface area contributed by atoms with Crippen LogP contribution in [0.1, 0.15) is 35.8 Å². The molecule has 1 nitrogen and oxygen atoms in total. The van der Waals surface area contributed by atoms with Crippen LogP contribution in [0.4, 0.5) is 0 Å². The Morgan fingerprint density at radius 1 is 1.14 bits per heavy atom. The molecule has 1 heterocycles. The van der Waals surface area contributed by atoms with Crippen molar-refractivity contribution in [2.24, 2.45) is 0 Å². The first-order valence-electron chi connectivity index (χ1n) is 7.81. The van der Waals surface area contributed by atoms with Gasteiger partial charge in [-0.3, -0.25) is 0 Å². The first kappa shape index (κ1) is 14.4. The fourth-order valence-electron chi connectivity index (χ4n) is 2.91. The summed E-state index contributed by atoms with van der Waals surface area (Å²) in [6, 6.07) is 10.8. The summed E-state index contributed by atoms with van der Waals surface area (Å²) in [6.07, 6.45) is 10.1. The van der Waals surface area contributed by atoms with Gasteiger partial charge in [-0.2, -0.15) is 0 Å². The quantitative estimate of drug-likeness (QED) is 0.667. The number of thiophene rings is 1. The van der Waals surface area contributed by atoms with Crippen LogP contribution in [0.15, 0.2) is 47.9 Å². The van der Waals surface area contributed by atoms with Crippen molar-refractivity contribution in [1.29, 1.82) is 0 Å². The van der Waals surface area contributed by atoms with Crippen LogP contribution < -0.4 is 4.74 Å². The maximum Gasteiger partial charge on any atom is 0.123 e. The van der Waals surface area contributed by atoms with Gasteiger partial charge in [0.1, 0.15) is 11.9 Å². The minimum absolute atomic E-state index is 0.283. The molecule has 1 unspecified atom stereocenters. The second-order valence-corrected chi connectivity index (χ2v) is 6.62. The van der Waals surface area contributed by atoms with Gasteiger partial charge in [0.25, 0.3) is 0 Å². The van der Waals surface area contributed by atoms with Crippen molar-refractivity contribution in [3.8, 4) is 5.75 Å². The van der Waals surface area contributed by atoms with E-state index in [1.807, 2.05) is 11.3 Å². The summed E-state index contributed by atoms with van der Waals surface area (Å²) in [5.41, 5.74) is 2.80. The van der Waals surface area contributed by atoms with E-state index >= 15 is 0 Å². The Morgan fingerprint density at radius 2 is 2.05 bits per heavy atom. The van der Waals surface area contributed by atoms with Crippen LogP contribution in [0.3, 0.4) is 0 Å². The van der Waals surface area contributed by atoms with Crippen molar-refractivity contribution < 1.29 is 4.74 Å². The highest BCUT2D eigenvalue weighted by Gasteiger charge is 2.16. The lowest BCUT2D eigenvalue weighted by Crippen LogP contribution is -2.20. The van der Waals surface area contributed by atoms with Gasteiger partial charge < -0.3 is 4.74 Å². The summed E-state index contributed by atoms with van der Waals surface area (Å²) in [7, 11) is 0. The molecule has 0 aliphatic heterocycles. The lowest BCUT2D eigenvalue weighted by molar-refractivity contribution is 0.189. The topological polar surface area (TPSA) is 9.23 Å². The second-order valence-electron chi connectivity index (χ2n) is 5.59. The van der Waals surface area contributed by atoms with Gasteiger partial charge in [-0.1, -0.05) is 43.7 Å². The molecule has 0 saturated carbocycles. The van der Waals surface area contributed by atoms with Crippen LogP contribution in [0.2, 0.25) is 0 Å². The molecule has 1 aromatic heterocycles. The highest BCUT2D eigenvalue weighted by atomic mass is 32.1. The molecule has 0 amide bonds. The zero-order valence-corrected chi connectivity index (χ0v) is 13.4. The van der Waals surface area contributed by atoms with Gasteiger partial charge in [0.2, 0.25) is 0 Å². The molecule has 1 aliphatic rings. The Balaban J connectivity index is 1.77. The molecule has 2 heteroatoms. The van der Waals surface area contributed by atoms with Gasteiger partial charge in [0.05, 0.1) is 0 Å². The summed E-state index contributed by atoms with van der Waals surface area (Å²) >= 11 is 1.83. The number of hydrogen-bond acceptors (Lipinski definition) is 2. The van der Waals surface area contributed by atoms with E-state index in [1.165, 1.54) is 16.0 Å². The molecule has 3 rings (SSSR count). The minimum Gasteiger partial charge on any atom is -0.490 e. The number of benzene rings is 1. The first-order chi connectivity index (χ1) is 10.4. The summed E-state index contributed by atoms with van der Waals surface area (Å²) in [4.78, 5) is 1.41. The second kappa shape index (κ2) is 6.95. The fourth-order valence-corrected chi connectivity index (χ4v) is 3.68. The highest BCUT2D eigenvalue weighted by molar-refractivity contribution is 7.09. The van der Waals surface area contributed by atoms with E-state index < -0.39 is 0 Å². The van der Waals surface area contributed by atoms with E-state index in [-0.39, 0.29) is 6.10 Å². The smallest absolute Gasteiger partial charge is 0.123 e. The predicted octanol–water partition coefficient (Wildman–Crippen LogP) is 5.19. The van der Waals surface area contributed by atoms with Crippen molar-refractivity contribution in [2.75, 3.05) is 0 Å². The summed E-state index contributed by atoms with van der Waals surface area (Å²) in [5.74, 6) is 1.09. The standard InChI is InChI=1S/C19H22OS/c1-2-7-16(14-17-10-6-13-21-17)20-19-12-5-9-15-8-3-4-11-18(15)19/h3-6,9-10,12-13,16H,2,7-8,11,14H2,1H3. The van der Waals surface area contributed by atoms with Gasteiger partial charge >= 0.3 is 0 Å². The van der Waals surface area contributed by atoms with Gasteiger partial charge in [-0.25, -0.2) is 0 Å². The summed E-state index contributed by atoms with van der Waals surface area (Å²) < 4.78 is 6.40.